The van der Waals surface area contributed by atoms with Crippen LogP contribution in [0.2, 0.25) is 0 Å². The third kappa shape index (κ3) is 4.39. The molecule has 3 rings (SSSR count). The molecular formula is C19H22N4O4. The Bertz CT molecular complexity index is 868. The minimum absolute atomic E-state index is 0.0481. The second-order valence-electron chi connectivity index (χ2n) is 7.26. The monoisotopic (exact) mass is 370 g/mol. The van der Waals surface area contributed by atoms with Crippen molar-refractivity contribution < 1.29 is 19.2 Å². The first kappa shape index (κ1) is 18.8. The Morgan fingerprint density at radius 1 is 1.33 bits per heavy atom. The Morgan fingerprint density at radius 3 is 2.81 bits per heavy atom. The average Bonchev–Trinajstić information content (AvgIpc) is 3.10. The molecule has 2 aromatic heterocycles. The summed E-state index contributed by atoms with van der Waals surface area (Å²) >= 11 is 0. The normalized spacial score (nSPS) is 14.9. The zero-order valence-electron chi connectivity index (χ0n) is 15.4. The molecule has 0 aliphatic heterocycles. The van der Waals surface area contributed by atoms with Crippen LogP contribution in [0.15, 0.2) is 34.1 Å². The van der Waals surface area contributed by atoms with E-state index in [-0.39, 0.29) is 18.1 Å². The number of pyridine rings is 1. The van der Waals surface area contributed by atoms with Crippen molar-refractivity contribution in [2.75, 3.05) is 0 Å². The topological polar surface area (TPSA) is 118 Å². The fourth-order valence-corrected chi connectivity index (χ4v) is 2.92. The molecule has 8 heteroatoms. The predicted octanol–water partition coefficient (Wildman–Crippen LogP) is 2.55. The van der Waals surface area contributed by atoms with E-state index in [2.05, 4.69) is 20.4 Å². The fourth-order valence-electron chi connectivity index (χ4n) is 2.92. The van der Waals surface area contributed by atoms with Crippen LogP contribution in [0.5, 0.6) is 5.75 Å². The van der Waals surface area contributed by atoms with Gasteiger partial charge in [-0.15, -0.1) is 0 Å². The maximum absolute atomic E-state index is 12.7. The van der Waals surface area contributed by atoms with Crippen LogP contribution in [0, 0.1) is 5.41 Å². The highest BCUT2D eigenvalue weighted by Crippen LogP contribution is 2.26. The third-order valence-electron chi connectivity index (χ3n) is 4.57. The number of aldehydes is 1. The summed E-state index contributed by atoms with van der Waals surface area (Å²) in [6.45, 7) is 3.57. The number of allylic oxidation sites excluding steroid dienone is 2. The Hall–Kier alpha value is -3.03. The zero-order valence-corrected chi connectivity index (χ0v) is 15.4. The number of carbonyl (C=O) groups excluding carboxylic acids is 2. The second kappa shape index (κ2) is 7.69. The van der Waals surface area contributed by atoms with Crippen LogP contribution in [0.25, 0.3) is 11.5 Å². The van der Waals surface area contributed by atoms with E-state index in [0.717, 1.165) is 19.1 Å². The lowest BCUT2D eigenvalue weighted by atomic mass is 9.87. The number of aromatic hydroxyl groups is 1. The maximum atomic E-state index is 12.7. The largest absolute Gasteiger partial charge is 0.506 e. The number of amides is 1. The number of aromatic nitrogens is 3. The first-order valence-electron chi connectivity index (χ1n) is 8.86. The van der Waals surface area contributed by atoms with Gasteiger partial charge >= 0.3 is 0 Å². The van der Waals surface area contributed by atoms with Crippen molar-refractivity contribution in [2.45, 2.75) is 46.0 Å². The second-order valence-corrected chi connectivity index (χ2v) is 7.26. The van der Waals surface area contributed by atoms with Crippen molar-refractivity contribution in [3.05, 3.63) is 35.5 Å². The fraction of sp³-hybridized carbons (Fsp3) is 0.421. The number of hydrogen-bond donors (Lipinski definition) is 2. The van der Waals surface area contributed by atoms with Crippen LogP contribution < -0.4 is 5.32 Å². The highest BCUT2D eigenvalue weighted by Gasteiger charge is 2.32. The molecule has 0 fully saturated rings. The standard InChI is InChI=1S/C19H22N4O4/c1-19(2,18(26)21-14-6-4-3-5-12(14)11-24)9-16-22-17(23-27-16)15-8-7-13(25)10-20-15/h7-8,10-11,25H,3-6,9H2,1-2H3,(H,21,26). The van der Waals surface area contributed by atoms with Gasteiger partial charge in [0.05, 0.1) is 11.6 Å². The number of nitrogens with zero attached hydrogens (tertiary/aromatic N) is 3. The molecule has 0 unspecified atom stereocenters. The summed E-state index contributed by atoms with van der Waals surface area (Å²) in [5, 5.41) is 16.1. The molecule has 0 saturated carbocycles. The van der Waals surface area contributed by atoms with Gasteiger partial charge in [-0.3, -0.25) is 9.59 Å². The molecule has 8 nitrogen and oxygen atoms in total. The molecule has 27 heavy (non-hydrogen) atoms. The van der Waals surface area contributed by atoms with E-state index in [4.69, 9.17) is 4.52 Å². The van der Waals surface area contributed by atoms with Crippen molar-refractivity contribution in [2.24, 2.45) is 5.41 Å². The predicted molar refractivity (Wildman–Crippen MR) is 96.4 cm³/mol. The molecule has 0 aromatic carbocycles. The Balaban J connectivity index is 1.70. The minimum Gasteiger partial charge on any atom is -0.506 e. The Labute approximate surface area is 156 Å². The van der Waals surface area contributed by atoms with Gasteiger partial charge in [0.2, 0.25) is 17.6 Å². The van der Waals surface area contributed by atoms with Gasteiger partial charge in [-0.1, -0.05) is 19.0 Å². The SMILES string of the molecule is CC(C)(Cc1nc(-c2ccc(O)cn2)no1)C(=O)NC1=C(C=O)CCCC1. The van der Waals surface area contributed by atoms with E-state index in [1.54, 1.807) is 19.9 Å². The molecular weight excluding hydrogens is 348 g/mol. The average molecular weight is 370 g/mol. The van der Waals surface area contributed by atoms with Gasteiger partial charge in [0.1, 0.15) is 17.7 Å². The van der Waals surface area contributed by atoms with E-state index in [0.29, 0.717) is 41.5 Å². The summed E-state index contributed by atoms with van der Waals surface area (Å²) in [7, 11) is 0. The Morgan fingerprint density at radius 2 is 2.11 bits per heavy atom. The van der Waals surface area contributed by atoms with Crippen molar-refractivity contribution in [3.63, 3.8) is 0 Å². The van der Waals surface area contributed by atoms with Gasteiger partial charge < -0.3 is 14.9 Å². The Kier molecular flexibility index (Phi) is 5.34. The highest BCUT2D eigenvalue weighted by molar-refractivity contribution is 5.85. The van der Waals surface area contributed by atoms with Gasteiger partial charge in [-0.05, 0) is 37.8 Å². The van der Waals surface area contributed by atoms with E-state index in [1.165, 1.54) is 12.3 Å². The van der Waals surface area contributed by atoms with Gasteiger partial charge in [0.15, 0.2) is 0 Å². The molecule has 0 atom stereocenters. The van der Waals surface area contributed by atoms with Crippen LogP contribution >= 0.6 is 0 Å². The summed E-state index contributed by atoms with van der Waals surface area (Å²) in [6.07, 6.45) is 5.70. The van der Waals surface area contributed by atoms with Gasteiger partial charge in [0, 0.05) is 17.7 Å². The van der Waals surface area contributed by atoms with Crippen molar-refractivity contribution in [3.8, 4) is 17.3 Å². The molecule has 2 heterocycles. The summed E-state index contributed by atoms with van der Waals surface area (Å²) in [6, 6.07) is 3.07. The van der Waals surface area contributed by atoms with Crippen LogP contribution in [-0.2, 0) is 16.0 Å². The van der Waals surface area contributed by atoms with Crippen molar-refractivity contribution in [1.82, 2.24) is 20.4 Å². The molecule has 2 aromatic rings. The van der Waals surface area contributed by atoms with Crippen molar-refractivity contribution in [1.29, 1.82) is 0 Å². The molecule has 0 spiro atoms. The molecule has 2 N–H and O–H groups in total. The van der Waals surface area contributed by atoms with E-state index >= 15 is 0 Å². The lowest BCUT2D eigenvalue weighted by Crippen LogP contribution is -2.39. The molecule has 1 aliphatic carbocycles. The summed E-state index contributed by atoms with van der Waals surface area (Å²) in [5.41, 5.74) is 1.05. The summed E-state index contributed by atoms with van der Waals surface area (Å²) in [4.78, 5) is 32.2. The summed E-state index contributed by atoms with van der Waals surface area (Å²) < 4.78 is 5.26. The highest BCUT2D eigenvalue weighted by atomic mass is 16.5. The molecule has 0 bridgehead atoms. The van der Waals surface area contributed by atoms with E-state index in [1.807, 2.05) is 0 Å². The van der Waals surface area contributed by atoms with Gasteiger partial charge in [0.25, 0.3) is 0 Å². The van der Waals surface area contributed by atoms with E-state index in [9.17, 15) is 14.7 Å². The number of nitrogens with one attached hydrogen (secondary N) is 1. The lowest BCUT2D eigenvalue weighted by Gasteiger charge is -2.25. The molecule has 0 saturated heterocycles. The quantitative estimate of drug-likeness (QED) is 0.750. The zero-order chi connectivity index (χ0) is 19.4. The molecule has 142 valence electrons. The van der Waals surface area contributed by atoms with Crippen LogP contribution in [-0.4, -0.2) is 32.4 Å². The van der Waals surface area contributed by atoms with Crippen LogP contribution in [0.4, 0.5) is 0 Å². The van der Waals surface area contributed by atoms with Crippen LogP contribution in [0.1, 0.15) is 45.4 Å². The number of hydrogen-bond acceptors (Lipinski definition) is 7. The third-order valence-corrected chi connectivity index (χ3v) is 4.57. The van der Waals surface area contributed by atoms with Crippen LogP contribution in [0.3, 0.4) is 0 Å². The number of rotatable bonds is 6. The molecule has 1 aliphatic rings. The molecule has 0 radical (unpaired) electrons. The van der Waals surface area contributed by atoms with E-state index < -0.39 is 5.41 Å². The molecule has 1 amide bonds. The lowest BCUT2D eigenvalue weighted by molar-refractivity contribution is -0.128. The van der Waals surface area contributed by atoms with Gasteiger partial charge in [-0.25, -0.2) is 4.98 Å². The van der Waals surface area contributed by atoms with Gasteiger partial charge in [-0.2, -0.15) is 4.98 Å². The minimum atomic E-state index is -0.801. The van der Waals surface area contributed by atoms with Crippen molar-refractivity contribution >= 4 is 12.2 Å². The smallest absolute Gasteiger partial charge is 0.230 e. The number of carbonyl (C=O) groups is 2. The summed E-state index contributed by atoms with van der Waals surface area (Å²) in [5.74, 6) is 0.459. The first-order chi connectivity index (χ1) is 12.9. The first-order valence-corrected chi connectivity index (χ1v) is 8.86. The maximum Gasteiger partial charge on any atom is 0.230 e.